The summed E-state index contributed by atoms with van der Waals surface area (Å²) in [5.74, 6) is 1.42. The van der Waals surface area contributed by atoms with Gasteiger partial charge in [0.05, 0.1) is 17.3 Å². The third-order valence-electron chi connectivity index (χ3n) is 4.13. The monoisotopic (exact) mass is 317 g/mol. The number of hydrogen-bond acceptors (Lipinski definition) is 5. The molecule has 1 fully saturated rings. The lowest BCUT2D eigenvalue weighted by atomic mass is 9.97. The molecule has 1 aliphatic heterocycles. The third kappa shape index (κ3) is 3.28. The highest BCUT2D eigenvalue weighted by Crippen LogP contribution is 2.26. The van der Waals surface area contributed by atoms with Crippen LogP contribution in [0.3, 0.4) is 0 Å². The Balaban J connectivity index is 1.73. The Morgan fingerprint density at radius 2 is 2.17 bits per heavy atom. The normalized spacial score (nSPS) is 19.1. The van der Waals surface area contributed by atoms with E-state index in [1.54, 1.807) is 13.1 Å². The maximum atomic E-state index is 12.7. The fourth-order valence-corrected chi connectivity index (χ4v) is 2.84. The molecule has 0 aromatic carbocycles. The predicted molar refractivity (Wildman–Crippen MR) is 84.1 cm³/mol. The fraction of sp³-hybridized carbons (Fsp3) is 0.625. The van der Waals surface area contributed by atoms with E-state index in [0.29, 0.717) is 23.8 Å². The van der Waals surface area contributed by atoms with Crippen molar-refractivity contribution in [2.75, 3.05) is 13.1 Å². The summed E-state index contributed by atoms with van der Waals surface area (Å²) in [6.07, 6.45) is 5.39. The summed E-state index contributed by atoms with van der Waals surface area (Å²) in [6.45, 7) is 9.34. The summed E-state index contributed by atoms with van der Waals surface area (Å²) in [7, 11) is 0. The molecule has 1 atom stereocenters. The van der Waals surface area contributed by atoms with Gasteiger partial charge < -0.3 is 9.42 Å². The Morgan fingerprint density at radius 3 is 2.78 bits per heavy atom. The summed E-state index contributed by atoms with van der Waals surface area (Å²) >= 11 is 0. The van der Waals surface area contributed by atoms with E-state index < -0.39 is 0 Å². The van der Waals surface area contributed by atoms with Gasteiger partial charge in [0, 0.05) is 32.1 Å². The Kier molecular flexibility index (Phi) is 3.95. The Morgan fingerprint density at radius 1 is 1.39 bits per heavy atom. The van der Waals surface area contributed by atoms with Gasteiger partial charge in [0.25, 0.3) is 5.91 Å². The minimum Gasteiger partial charge on any atom is -0.340 e. The third-order valence-corrected chi connectivity index (χ3v) is 4.13. The first-order chi connectivity index (χ1) is 10.8. The molecule has 0 unspecified atom stereocenters. The molecule has 0 aliphatic carbocycles. The van der Waals surface area contributed by atoms with Crippen molar-refractivity contribution in [3.8, 4) is 0 Å². The van der Waals surface area contributed by atoms with Gasteiger partial charge in [0.15, 0.2) is 5.82 Å². The van der Waals surface area contributed by atoms with Crippen molar-refractivity contribution in [3.63, 3.8) is 0 Å². The Hall–Kier alpha value is -2.18. The molecule has 2 aromatic rings. The van der Waals surface area contributed by atoms with Gasteiger partial charge >= 0.3 is 0 Å². The lowest BCUT2D eigenvalue weighted by Crippen LogP contribution is -2.39. The van der Waals surface area contributed by atoms with Crippen LogP contribution in [0.5, 0.6) is 0 Å². The first-order valence-electron chi connectivity index (χ1n) is 7.99. The molecule has 0 radical (unpaired) electrons. The number of piperidine rings is 1. The topological polar surface area (TPSA) is 77.1 Å². The van der Waals surface area contributed by atoms with Crippen molar-refractivity contribution in [3.05, 3.63) is 29.7 Å². The van der Waals surface area contributed by atoms with Crippen LogP contribution in [-0.2, 0) is 5.54 Å². The maximum absolute atomic E-state index is 12.7. The van der Waals surface area contributed by atoms with E-state index in [9.17, 15) is 4.79 Å². The van der Waals surface area contributed by atoms with Crippen molar-refractivity contribution in [1.82, 2.24) is 24.8 Å². The molecular weight excluding hydrogens is 294 g/mol. The SMILES string of the molecule is Cc1nc([C@H]2CCCN(C(=O)c3cnn(C(C)(C)C)c3)C2)no1. The zero-order chi connectivity index (χ0) is 16.6. The highest BCUT2D eigenvalue weighted by Gasteiger charge is 2.29. The Bertz CT molecular complexity index is 697. The summed E-state index contributed by atoms with van der Waals surface area (Å²) < 4.78 is 6.88. The maximum Gasteiger partial charge on any atom is 0.257 e. The number of carbonyl (C=O) groups excluding carboxylic acids is 1. The lowest BCUT2D eigenvalue weighted by molar-refractivity contribution is 0.0703. The molecule has 0 spiro atoms. The second-order valence-corrected chi connectivity index (χ2v) is 7.11. The van der Waals surface area contributed by atoms with E-state index in [1.165, 1.54) is 0 Å². The van der Waals surface area contributed by atoms with Gasteiger partial charge in [-0.25, -0.2) is 0 Å². The first-order valence-corrected chi connectivity index (χ1v) is 7.99. The molecule has 2 aromatic heterocycles. The van der Waals surface area contributed by atoms with Gasteiger partial charge in [-0.05, 0) is 33.6 Å². The van der Waals surface area contributed by atoms with E-state index in [2.05, 4.69) is 36.0 Å². The highest BCUT2D eigenvalue weighted by molar-refractivity contribution is 5.93. The van der Waals surface area contributed by atoms with Gasteiger partial charge in [-0.15, -0.1) is 0 Å². The van der Waals surface area contributed by atoms with E-state index in [1.807, 2.05) is 15.8 Å². The largest absolute Gasteiger partial charge is 0.340 e. The van der Waals surface area contributed by atoms with Crippen LogP contribution in [0.4, 0.5) is 0 Å². The van der Waals surface area contributed by atoms with Crippen molar-refractivity contribution in [1.29, 1.82) is 0 Å². The molecule has 1 aliphatic rings. The summed E-state index contributed by atoms with van der Waals surface area (Å²) in [5, 5.41) is 8.32. The van der Waals surface area contributed by atoms with Crippen molar-refractivity contribution < 1.29 is 9.32 Å². The molecule has 23 heavy (non-hydrogen) atoms. The number of rotatable bonds is 2. The minimum atomic E-state index is -0.134. The Labute approximate surface area is 135 Å². The van der Waals surface area contributed by atoms with Crippen LogP contribution >= 0.6 is 0 Å². The summed E-state index contributed by atoms with van der Waals surface area (Å²) in [5.41, 5.74) is 0.496. The number of nitrogens with zero attached hydrogens (tertiary/aromatic N) is 5. The van der Waals surface area contributed by atoms with Gasteiger partial charge in [-0.2, -0.15) is 10.1 Å². The van der Waals surface area contributed by atoms with Crippen LogP contribution in [-0.4, -0.2) is 43.8 Å². The summed E-state index contributed by atoms with van der Waals surface area (Å²) in [6, 6.07) is 0. The van der Waals surface area contributed by atoms with Crippen LogP contribution < -0.4 is 0 Å². The molecule has 124 valence electrons. The van der Waals surface area contributed by atoms with Gasteiger partial charge in [-0.3, -0.25) is 9.48 Å². The molecule has 3 rings (SSSR count). The molecule has 7 nitrogen and oxygen atoms in total. The second-order valence-electron chi connectivity index (χ2n) is 7.11. The average Bonchev–Trinajstić information content (AvgIpc) is 3.15. The van der Waals surface area contributed by atoms with Crippen LogP contribution in [0.2, 0.25) is 0 Å². The highest BCUT2D eigenvalue weighted by atomic mass is 16.5. The van der Waals surface area contributed by atoms with Crippen LogP contribution in [0.15, 0.2) is 16.9 Å². The zero-order valence-corrected chi connectivity index (χ0v) is 14.1. The fourth-order valence-electron chi connectivity index (χ4n) is 2.84. The number of hydrogen-bond donors (Lipinski definition) is 0. The number of carbonyl (C=O) groups is 1. The van der Waals surface area contributed by atoms with Crippen molar-refractivity contribution in [2.45, 2.75) is 52.0 Å². The molecule has 0 N–H and O–H groups in total. The molecule has 3 heterocycles. The van der Waals surface area contributed by atoms with Crippen LogP contribution in [0, 0.1) is 6.92 Å². The second kappa shape index (κ2) is 5.79. The number of amides is 1. The van der Waals surface area contributed by atoms with E-state index in [-0.39, 0.29) is 17.4 Å². The quantitative estimate of drug-likeness (QED) is 0.849. The van der Waals surface area contributed by atoms with E-state index in [4.69, 9.17) is 4.52 Å². The van der Waals surface area contributed by atoms with E-state index >= 15 is 0 Å². The van der Waals surface area contributed by atoms with Crippen LogP contribution in [0.1, 0.15) is 61.6 Å². The minimum absolute atomic E-state index is 0.0189. The number of aryl methyl sites for hydroxylation is 1. The standard InChI is InChI=1S/C16H23N5O2/c1-11-18-14(19-23-11)12-6-5-7-20(9-12)15(22)13-8-17-21(10-13)16(2,3)4/h8,10,12H,5-7,9H2,1-4H3/t12-/m0/s1. The zero-order valence-electron chi connectivity index (χ0n) is 14.1. The van der Waals surface area contributed by atoms with Crippen LogP contribution in [0.25, 0.3) is 0 Å². The number of aromatic nitrogens is 4. The van der Waals surface area contributed by atoms with Crippen molar-refractivity contribution >= 4 is 5.91 Å². The molecular formula is C16H23N5O2. The molecule has 1 amide bonds. The van der Waals surface area contributed by atoms with Gasteiger partial charge in [0.1, 0.15) is 0 Å². The molecule has 7 heteroatoms. The van der Waals surface area contributed by atoms with Gasteiger partial charge in [-0.1, -0.05) is 5.16 Å². The number of likely N-dealkylation sites (tertiary alicyclic amines) is 1. The van der Waals surface area contributed by atoms with E-state index in [0.717, 1.165) is 19.4 Å². The lowest BCUT2D eigenvalue weighted by Gasteiger charge is -2.31. The van der Waals surface area contributed by atoms with Crippen molar-refractivity contribution in [2.24, 2.45) is 0 Å². The molecule has 0 saturated carbocycles. The predicted octanol–water partition coefficient (Wildman–Crippen LogP) is 2.35. The first kappa shape index (κ1) is 15.7. The summed E-state index contributed by atoms with van der Waals surface area (Å²) in [4.78, 5) is 18.9. The smallest absolute Gasteiger partial charge is 0.257 e. The molecule has 1 saturated heterocycles. The molecule has 0 bridgehead atoms. The average molecular weight is 317 g/mol. The van der Waals surface area contributed by atoms with Gasteiger partial charge in [0.2, 0.25) is 5.89 Å².